The number of nitrogens with one attached hydrogen (secondary N) is 1. The number of anilines is 1. The SMILES string of the molecule is CC1=CC23C(=C1)S[C@@H](C)C2=CN(c1ccccc1Cl)CC1N(C(=O)N2CCOCC2)NCN13. The number of carbonyl (C=O) groups is 1. The zero-order chi connectivity index (χ0) is 22.7. The second kappa shape index (κ2) is 8.06. The highest BCUT2D eigenvalue weighted by atomic mass is 35.5. The number of rotatable bonds is 1. The largest absolute Gasteiger partial charge is 0.378 e. The maximum absolute atomic E-state index is 13.6. The molecule has 1 N–H and O–H groups in total. The number of hydrogen-bond acceptors (Lipinski definition) is 6. The summed E-state index contributed by atoms with van der Waals surface area (Å²) in [6, 6.07) is 7.95. The second-order valence-corrected chi connectivity index (χ2v) is 10.9. The number of para-hydroxylation sites is 1. The fraction of sp³-hybridized carbons (Fsp3) is 0.458. The number of hydrazine groups is 1. The number of thioether (sulfide) groups is 1. The summed E-state index contributed by atoms with van der Waals surface area (Å²) in [5.74, 6) is 0. The van der Waals surface area contributed by atoms with Crippen molar-refractivity contribution in [1.82, 2.24) is 20.2 Å². The highest BCUT2D eigenvalue weighted by Crippen LogP contribution is 2.58. The molecule has 2 unspecified atom stereocenters. The number of nitrogens with zero attached hydrogens (tertiary/aromatic N) is 4. The Morgan fingerprint density at radius 3 is 2.85 bits per heavy atom. The topological polar surface area (TPSA) is 51.3 Å². The number of benzene rings is 1. The molecule has 174 valence electrons. The lowest BCUT2D eigenvalue weighted by molar-refractivity contribution is 0.0311. The Bertz CT molecular complexity index is 1080. The molecule has 4 heterocycles. The number of urea groups is 1. The van der Waals surface area contributed by atoms with Gasteiger partial charge in [0.05, 0.1) is 42.7 Å². The van der Waals surface area contributed by atoms with Gasteiger partial charge in [0.2, 0.25) is 0 Å². The molecule has 0 bridgehead atoms. The molecule has 3 saturated heterocycles. The molecule has 7 nitrogen and oxygen atoms in total. The molecule has 0 saturated carbocycles. The van der Waals surface area contributed by atoms with Crippen molar-refractivity contribution in [3.63, 3.8) is 0 Å². The van der Waals surface area contributed by atoms with Crippen LogP contribution in [0.25, 0.3) is 0 Å². The minimum Gasteiger partial charge on any atom is -0.378 e. The van der Waals surface area contributed by atoms with Gasteiger partial charge in [0.25, 0.3) is 0 Å². The van der Waals surface area contributed by atoms with Crippen LogP contribution >= 0.6 is 23.4 Å². The standard InChI is InChI=1S/C24H28ClN5O2S/c1-16-11-21-24(12-16)18(17(2)33-21)13-28(20-6-4-3-5-19(20)25)14-22-29(24)15-26-30(22)23(31)27-7-9-32-10-8-27/h3-6,11-13,17,22,26H,7-10,14-15H2,1-2H3/t17-,22?,24?/m0/s1. The Balaban J connectivity index is 1.45. The van der Waals surface area contributed by atoms with Gasteiger partial charge in [-0.3, -0.25) is 0 Å². The molecule has 3 atom stereocenters. The van der Waals surface area contributed by atoms with Crippen molar-refractivity contribution < 1.29 is 9.53 Å². The summed E-state index contributed by atoms with van der Waals surface area (Å²) in [7, 11) is 0. The van der Waals surface area contributed by atoms with E-state index < -0.39 is 0 Å². The summed E-state index contributed by atoms with van der Waals surface area (Å²) in [5.41, 5.74) is 6.66. The van der Waals surface area contributed by atoms with Crippen LogP contribution in [0.1, 0.15) is 13.8 Å². The van der Waals surface area contributed by atoms with Crippen molar-refractivity contribution >= 4 is 35.1 Å². The number of allylic oxidation sites excluding steroid dienone is 2. The summed E-state index contributed by atoms with van der Waals surface area (Å²) in [6.45, 7) is 8.04. The van der Waals surface area contributed by atoms with Gasteiger partial charge in [0.15, 0.2) is 0 Å². The van der Waals surface area contributed by atoms with Crippen LogP contribution < -0.4 is 10.3 Å². The predicted molar refractivity (Wildman–Crippen MR) is 132 cm³/mol. The number of hydrogen-bond donors (Lipinski definition) is 1. The highest BCUT2D eigenvalue weighted by molar-refractivity contribution is 8.04. The van der Waals surface area contributed by atoms with Gasteiger partial charge >= 0.3 is 6.03 Å². The number of carbonyl (C=O) groups excluding carboxylic acids is 1. The molecule has 0 radical (unpaired) electrons. The van der Waals surface area contributed by atoms with Crippen molar-refractivity contribution in [2.75, 3.05) is 44.4 Å². The first kappa shape index (κ1) is 21.6. The molecule has 1 aromatic carbocycles. The van der Waals surface area contributed by atoms with Crippen molar-refractivity contribution in [2.24, 2.45) is 0 Å². The Morgan fingerprint density at radius 2 is 2.06 bits per heavy atom. The van der Waals surface area contributed by atoms with Gasteiger partial charge in [-0.05, 0) is 37.6 Å². The molecule has 1 aromatic rings. The average Bonchev–Trinajstić information content (AvgIpc) is 3.41. The van der Waals surface area contributed by atoms with Crippen LogP contribution in [0.5, 0.6) is 0 Å². The predicted octanol–water partition coefficient (Wildman–Crippen LogP) is 3.62. The summed E-state index contributed by atoms with van der Waals surface area (Å²) in [4.78, 5) is 21.5. The molecule has 33 heavy (non-hydrogen) atoms. The quantitative estimate of drug-likeness (QED) is 0.655. The summed E-state index contributed by atoms with van der Waals surface area (Å²) >= 11 is 8.57. The number of amides is 2. The Labute approximate surface area is 203 Å². The van der Waals surface area contributed by atoms with E-state index in [1.807, 2.05) is 39.9 Å². The van der Waals surface area contributed by atoms with Crippen LogP contribution in [0.4, 0.5) is 10.5 Å². The molecule has 1 aliphatic carbocycles. The van der Waals surface area contributed by atoms with E-state index in [-0.39, 0.29) is 17.7 Å². The van der Waals surface area contributed by atoms with Gasteiger partial charge in [-0.15, -0.1) is 11.8 Å². The lowest BCUT2D eigenvalue weighted by atomic mass is 9.87. The Hall–Kier alpha value is -1.97. The van der Waals surface area contributed by atoms with Gasteiger partial charge < -0.3 is 14.5 Å². The maximum atomic E-state index is 13.6. The zero-order valence-electron chi connectivity index (χ0n) is 18.8. The molecule has 0 aromatic heterocycles. The first-order valence-electron chi connectivity index (χ1n) is 11.5. The van der Waals surface area contributed by atoms with Crippen LogP contribution in [0.3, 0.4) is 0 Å². The third-order valence-corrected chi connectivity index (χ3v) is 8.79. The van der Waals surface area contributed by atoms with Crippen LogP contribution in [0, 0.1) is 0 Å². The van der Waals surface area contributed by atoms with Crippen molar-refractivity contribution in [3.8, 4) is 0 Å². The van der Waals surface area contributed by atoms with E-state index in [1.54, 1.807) is 0 Å². The molecule has 9 heteroatoms. The zero-order valence-corrected chi connectivity index (χ0v) is 20.4. The lowest BCUT2D eigenvalue weighted by Gasteiger charge is -2.40. The molecule has 6 rings (SSSR count). The van der Waals surface area contributed by atoms with Crippen molar-refractivity contribution in [2.45, 2.75) is 30.8 Å². The minimum absolute atomic E-state index is 0.00712. The van der Waals surface area contributed by atoms with Gasteiger partial charge in [0, 0.05) is 29.4 Å². The molecule has 4 aliphatic heterocycles. The molecular formula is C24H28ClN5O2S. The fourth-order valence-electron chi connectivity index (χ4n) is 5.66. The van der Waals surface area contributed by atoms with Crippen LogP contribution in [0.2, 0.25) is 5.02 Å². The number of morpholine rings is 1. The molecule has 2 amide bonds. The fourth-order valence-corrected chi connectivity index (χ4v) is 7.38. The molecule has 1 spiro atoms. The van der Waals surface area contributed by atoms with E-state index in [4.69, 9.17) is 16.3 Å². The van der Waals surface area contributed by atoms with Crippen LogP contribution in [-0.4, -0.2) is 77.3 Å². The van der Waals surface area contributed by atoms with E-state index in [0.717, 1.165) is 5.69 Å². The van der Waals surface area contributed by atoms with E-state index in [1.165, 1.54) is 16.1 Å². The Morgan fingerprint density at radius 1 is 1.27 bits per heavy atom. The molecule has 3 fully saturated rings. The lowest BCUT2D eigenvalue weighted by Crippen LogP contribution is -2.58. The van der Waals surface area contributed by atoms with Gasteiger partial charge in [-0.1, -0.05) is 35.4 Å². The monoisotopic (exact) mass is 485 g/mol. The van der Waals surface area contributed by atoms with Gasteiger partial charge in [-0.25, -0.2) is 20.1 Å². The first-order valence-corrected chi connectivity index (χ1v) is 12.7. The van der Waals surface area contributed by atoms with E-state index in [2.05, 4.69) is 53.5 Å². The molecule has 5 aliphatic rings. The van der Waals surface area contributed by atoms with E-state index in [9.17, 15) is 4.79 Å². The van der Waals surface area contributed by atoms with Gasteiger partial charge in [0.1, 0.15) is 6.17 Å². The third kappa shape index (κ3) is 3.26. The number of halogens is 1. The van der Waals surface area contributed by atoms with Crippen LogP contribution in [-0.2, 0) is 4.74 Å². The van der Waals surface area contributed by atoms with Crippen LogP contribution in [0.15, 0.2) is 58.7 Å². The number of fused-ring (bicyclic) bond motifs is 1. The smallest absolute Gasteiger partial charge is 0.336 e. The number of ether oxygens (including phenoxy) is 1. The minimum atomic E-state index is -0.331. The summed E-state index contributed by atoms with van der Waals surface area (Å²) in [5, 5.41) is 2.86. The third-order valence-electron chi connectivity index (χ3n) is 7.18. The highest BCUT2D eigenvalue weighted by Gasteiger charge is 2.58. The van der Waals surface area contributed by atoms with E-state index >= 15 is 0 Å². The van der Waals surface area contributed by atoms with Crippen molar-refractivity contribution in [1.29, 1.82) is 0 Å². The Kier molecular flexibility index (Phi) is 5.27. The first-order chi connectivity index (χ1) is 16.0. The second-order valence-electron chi connectivity index (χ2n) is 9.13. The average molecular weight is 486 g/mol. The summed E-state index contributed by atoms with van der Waals surface area (Å²) in [6.07, 6.45) is 6.79. The normalized spacial score (nSPS) is 31.5. The summed E-state index contributed by atoms with van der Waals surface area (Å²) < 4.78 is 5.47. The molecular weight excluding hydrogens is 458 g/mol. The van der Waals surface area contributed by atoms with Crippen molar-refractivity contribution in [3.05, 3.63) is 63.7 Å². The van der Waals surface area contributed by atoms with Gasteiger partial charge in [-0.2, -0.15) is 0 Å². The van der Waals surface area contributed by atoms with E-state index in [0.29, 0.717) is 49.8 Å². The maximum Gasteiger partial charge on any atom is 0.336 e.